The van der Waals surface area contributed by atoms with Crippen LogP contribution in [0, 0.1) is 11.8 Å². The van der Waals surface area contributed by atoms with Gasteiger partial charge in [-0.25, -0.2) is 0 Å². The van der Waals surface area contributed by atoms with Gasteiger partial charge in [-0.3, -0.25) is 4.99 Å². The zero-order chi connectivity index (χ0) is 11.5. The van der Waals surface area contributed by atoms with Crippen LogP contribution in [0.15, 0.2) is 59.6 Å². The van der Waals surface area contributed by atoms with Crippen molar-refractivity contribution in [3.05, 3.63) is 71.3 Å². The highest BCUT2D eigenvalue weighted by Gasteiger charge is 2.12. The van der Waals surface area contributed by atoms with Gasteiger partial charge in [0.1, 0.15) is 5.71 Å². The maximum absolute atomic E-state index is 4.46. The lowest BCUT2D eigenvalue weighted by Gasteiger charge is -1.95. The number of rotatable bonds is 0. The summed E-state index contributed by atoms with van der Waals surface area (Å²) in [6.07, 6.45) is 0. The summed E-state index contributed by atoms with van der Waals surface area (Å²) in [6, 6.07) is 18.3. The zero-order valence-corrected chi connectivity index (χ0v) is 9.35. The predicted octanol–water partition coefficient (Wildman–Crippen LogP) is 3.04. The second-order valence-corrected chi connectivity index (χ2v) is 3.94. The molecule has 1 aliphatic rings. The number of hydrogen-bond acceptors (Lipinski definition) is 1. The van der Waals surface area contributed by atoms with Crippen molar-refractivity contribution in [2.24, 2.45) is 4.99 Å². The molecule has 2 aromatic rings. The zero-order valence-electron chi connectivity index (χ0n) is 9.35. The van der Waals surface area contributed by atoms with Gasteiger partial charge >= 0.3 is 0 Å². The summed E-state index contributed by atoms with van der Waals surface area (Å²) in [5, 5.41) is 0. The van der Waals surface area contributed by atoms with Gasteiger partial charge in [0.05, 0.1) is 6.54 Å². The topological polar surface area (TPSA) is 12.4 Å². The minimum absolute atomic E-state index is 0.759. The van der Waals surface area contributed by atoms with Gasteiger partial charge in [0.15, 0.2) is 0 Å². The molecule has 0 saturated carbocycles. The Balaban J connectivity index is 1.92. The number of hydrogen-bond donors (Lipinski definition) is 0. The first-order chi connectivity index (χ1) is 8.43. The monoisotopic (exact) mass is 217 g/mol. The number of fused-ring (bicyclic) bond motifs is 1. The van der Waals surface area contributed by atoms with E-state index in [2.05, 4.69) is 29.0 Å². The van der Waals surface area contributed by atoms with Crippen molar-refractivity contribution in [3.8, 4) is 11.8 Å². The molecule has 0 aromatic heterocycles. The van der Waals surface area contributed by atoms with Crippen LogP contribution in [-0.4, -0.2) is 5.71 Å². The third kappa shape index (κ3) is 1.98. The molecular formula is C16H11N. The molecule has 0 unspecified atom stereocenters. The lowest BCUT2D eigenvalue weighted by molar-refractivity contribution is 1.11. The van der Waals surface area contributed by atoms with Crippen molar-refractivity contribution < 1.29 is 0 Å². The first-order valence-corrected chi connectivity index (χ1v) is 5.63. The van der Waals surface area contributed by atoms with E-state index in [1.165, 1.54) is 11.1 Å². The lowest BCUT2D eigenvalue weighted by atomic mass is 10.1. The fourth-order valence-corrected chi connectivity index (χ4v) is 1.90. The van der Waals surface area contributed by atoms with Gasteiger partial charge in [0, 0.05) is 11.1 Å². The van der Waals surface area contributed by atoms with Crippen molar-refractivity contribution in [2.45, 2.75) is 6.54 Å². The quantitative estimate of drug-likeness (QED) is 0.601. The van der Waals surface area contributed by atoms with E-state index in [0.29, 0.717) is 0 Å². The molecule has 0 spiro atoms. The number of aliphatic imine (C=N–C) groups is 1. The maximum Gasteiger partial charge on any atom is 0.115 e. The van der Waals surface area contributed by atoms with Gasteiger partial charge in [0.2, 0.25) is 0 Å². The van der Waals surface area contributed by atoms with Gasteiger partial charge in [-0.2, -0.15) is 0 Å². The molecule has 17 heavy (non-hydrogen) atoms. The summed E-state index contributed by atoms with van der Waals surface area (Å²) in [6.45, 7) is 0.759. The summed E-state index contributed by atoms with van der Waals surface area (Å²) < 4.78 is 0. The van der Waals surface area contributed by atoms with Crippen LogP contribution >= 0.6 is 0 Å². The summed E-state index contributed by atoms with van der Waals surface area (Å²) >= 11 is 0. The van der Waals surface area contributed by atoms with E-state index in [0.717, 1.165) is 17.8 Å². The van der Waals surface area contributed by atoms with E-state index in [4.69, 9.17) is 0 Å². The van der Waals surface area contributed by atoms with Crippen molar-refractivity contribution in [2.75, 3.05) is 0 Å². The number of nitrogens with zero attached hydrogens (tertiary/aromatic N) is 1. The lowest BCUT2D eigenvalue weighted by Crippen LogP contribution is -1.93. The largest absolute Gasteiger partial charge is 0.271 e. The molecule has 0 fully saturated rings. The molecule has 1 nitrogen and oxygen atoms in total. The Kier molecular flexibility index (Phi) is 2.48. The Hall–Kier alpha value is -2.33. The van der Waals surface area contributed by atoms with Crippen LogP contribution in [0.2, 0.25) is 0 Å². The Morgan fingerprint density at radius 2 is 1.59 bits per heavy atom. The third-order valence-corrected chi connectivity index (χ3v) is 2.78. The second kappa shape index (κ2) is 4.27. The van der Waals surface area contributed by atoms with Gasteiger partial charge in [0.25, 0.3) is 0 Å². The van der Waals surface area contributed by atoms with E-state index < -0.39 is 0 Å². The molecule has 0 radical (unpaired) electrons. The molecule has 0 bridgehead atoms. The van der Waals surface area contributed by atoms with Crippen molar-refractivity contribution in [3.63, 3.8) is 0 Å². The minimum Gasteiger partial charge on any atom is -0.271 e. The second-order valence-electron chi connectivity index (χ2n) is 3.94. The van der Waals surface area contributed by atoms with Gasteiger partial charge in [-0.1, -0.05) is 48.4 Å². The average molecular weight is 217 g/mol. The van der Waals surface area contributed by atoms with E-state index in [9.17, 15) is 0 Å². The smallest absolute Gasteiger partial charge is 0.115 e. The highest BCUT2D eigenvalue weighted by molar-refractivity contribution is 6.15. The Morgan fingerprint density at radius 3 is 2.47 bits per heavy atom. The van der Waals surface area contributed by atoms with E-state index in [-0.39, 0.29) is 0 Å². The van der Waals surface area contributed by atoms with Crippen LogP contribution < -0.4 is 0 Å². The average Bonchev–Trinajstić information content (AvgIpc) is 2.81. The highest BCUT2D eigenvalue weighted by atomic mass is 14.8. The van der Waals surface area contributed by atoms with Crippen LogP contribution in [0.1, 0.15) is 16.7 Å². The summed E-state index contributed by atoms with van der Waals surface area (Å²) in [5.41, 5.74) is 4.38. The highest BCUT2D eigenvalue weighted by Crippen LogP contribution is 2.17. The summed E-state index contributed by atoms with van der Waals surface area (Å²) in [4.78, 5) is 4.46. The summed E-state index contributed by atoms with van der Waals surface area (Å²) in [7, 11) is 0. The van der Waals surface area contributed by atoms with Crippen molar-refractivity contribution in [1.29, 1.82) is 0 Å². The molecule has 0 saturated heterocycles. The van der Waals surface area contributed by atoms with E-state index in [1.54, 1.807) is 0 Å². The fourth-order valence-electron chi connectivity index (χ4n) is 1.90. The van der Waals surface area contributed by atoms with Gasteiger partial charge in [-0.05, 0) is 23.6 Å². The van der Waals surface area contributed by atoms with E-state index in [1.807, 2.05) is 42.5 Å². The van der Waals surface area contributed by atoms with Crippen LogP contribution in [0.25, 0.3) is 0 Å². The maximum atomic E-state index is 4.46. The standard InChI is InChI=1S/C16H11N/c1-2-6-13(7-3-1)10-11-16-15-9-5-4-8-14(15)12-17-16/h1-9H,12H2. The Bertz CT molecular complexity index is 627. The molecular weight excluding hydrogens is 206 g/mol. The molecule has 2 aromatic carbocycles. The van der Waals surface area contributed by atoms with Crippen molar-refractivity contribution in [1.82, 2.24) is 0 Å². The molecule has 0 aliphatic carbocycles. The third-order valence-electron chi connectivity index (χ3n) is 2.78. The Morgan fingerprint density at radius 1 is 0.824 bits per heavy atom. The SMILES string of the molecule is C(#Cc1ccccc1)C1=NCc2ccccc21. The first kappa shape index (κ1) is 9.86. The van der Waals surface area contributed by atoms with Gasteiger partial charge in [-0.15, -0.1) is 0 Å². The molecule has 1 heterocycles. The normalized spacial score (nSPS) is 12.4. The van der Waals surface area contributed by atoms with Crippen LogP contribution in [0.4, 0.5) is 0 Å². The number of benzene rings is 2. The predicted molar refractivity (Wildman–Crippen MR) is 70.0 cm³/mol. The molecule has 80 valence electrons. The molecule has 3 rings (SSSR count). The molecule has 0 N–H and O–H groups in total. The van der Waals surface area contributed by atoms with Gasteiger partial charge < -0.3 is 0 Å². The van der Waals surface area contributed by atoms with Crippen LogP contribution in [0.5, 0.6) is 0 Å². The van der Waals surface area contributed by atoms with Crippen molar-refractivity contribution >= 4 is 5.71 Å². The fraction of sp³-hybridized carbons (Fsp3) is 0.0625. The summed E-state index contributed by atoms with van der Waals surface area (Å²) in [5.74, 6) is 6.30. The van der Waals surface area contributed by atoms with Crippen LogP contribution in [0.3, 0.4) is 0 Å². The first-order valence-electron chi connectivity index (χ1n) is 5.63. The molecule has 0 atom stereocenters. The van der Waals surface area contributed by atoms with E-state index >= 15 is 0 Å². The Labute approximate surface area is 101 Å². The molecule has 1 aliphatic heterocycles. The van der Waals surface area contributed by atoms with Crippen LogP contribution in [-0.2, 0) is 6.54 Å². The molecule has 1 heteroatoms. The minimum atomic E-state index is 0.759. The molecule has 0 amide bonds.